The van der Waals surface area contributed by atoms with Crippen LogP contribution < -0.4 is 4.72 Å². The molecule has 7 heteroatoms. The Bertz CT molecular complexity index is 742. The molecule has 0 spiro atoms. The summed E-state index contributed by atoms with van der Waals surface area (Å²) in [5.41, 5.74) is 2.99. The maximum Gasteiger partial charge on any atom is 0.215 e. The minimum absolute atomic E-state index is 0.320. The first-order valence-electron chi connectivity index (χ1n) is 7.89. The Morgan fingerprint density at radius 1 is 1.35 bits per heavy atom. The molecule has 2 heterocycles. The molecule has 0 aliphatic carbocycles. The summed E-state index contributed by atoms with van der Waals surface area (Å²) in [5, 5.41) is 7.08. The average Bonchev–Trinajstić information content (AvgIpc) is 3.18. The van der Waals surface area contributed by atoms with Gasteiger partial charge in [-0.3, -0.25) is 10.00 Å². The summed E-state index contributed by atoms with van der Waals surface area (Å²) in [7, 11) is -3.19. The third-order valence-corrected chi connectivity index (χ3v) is 6.06. The lowest BCUT2D eigenvalue weighted by molar-refractivity contribution is 0.327. The first kappa shape index (κ1) is 16.2. The minimum Gasteiger partial charge on any atom is -0.296 e. The highest BCUT2D eigenvalue weighted by molar-refractivity contribution is 7.90. The van der Waals surface area contributed by atoms with Crippen LogP contribution in [0.15, 0.2) is 36.4 Å². The molecule has 124 valence electrons. The number of H-pyrrole nitrogens is 1. The number of likely N-dealkylation sites (tertiary alicyclic amines) is 1. The zero-order valence-corrected chi connectivity index (χ0v) is 14.0. The smallest absolute Gasteiger partial charge is 0.215 e. The molecule has 0 saturated carbocycles. The van der Waals surface area contributed by atoms with Crippen LogP contribution in [0.2, 0.25) is 0 Å². The van der Waals surface area contributed by atoms with E-state index in [1.807, 2.05) is 36.4 Å². The van der Waals surface area contributed by atoms with E-state index in [1.54, 1.807) is 6.92 Å². The van der Waals surface area contributed by atoms with Gasteiger partial charge in [-0.25, -0.2) is 13.1 Å². The monoisotopic (exact) mass is 334 g/mol. The zero-order chi connectivity index (χ0) is 16.3. The van der Waals surface area contributed by atoms with Gasteiger partial charge in [0.1, 0.15) is 0 Å². The lowest BCUT2D eigenvalue weighted by Crippen LogP contribution is -2.36. The van der Waals surface area contributed by atoms with Gasteiger partial charge in [0.05, 0.1) is 10.9 Å². The number of hydrogen-bond donors (Lipinski definition) is 2. The summed E-state index contributed by atoms with van der Waals surface area (Å²) in [6.07, 6.45) is 0.676. The maximum atomic E-state index is 12.1. The van der Waals surface area contributed by atoms with Crippen molar-refractivity contribution in [1.29, 1.82) is 0 Å². The second kappa shape index (κ2) is 6.82. The first-order valence-corrected chi connectivity index (χ1v) is 9.43. The molecular formula is C16H22N4O2S. The quantitative estimate of drug-likeness (QED) is 0.841. The van der Waals surface area contributed by atoms with Crippen molar-refractivity contribution in [2.45, 2.75) is 25.1 Å². The van der Waals surface area contributed by atoms with Crippen molar-refractivity contribution in [2.75, 3.05) is 19.6 Å². The molecule has 0 radical (unpaired) electrons. The number of aromatic nitrogens is 2. The van der Waals surface area contributed by atoms with Crippen LogP contribution in [0.5, 0.6) is 0 Å². The van der Waals surface area contributed by atoms with E-state index in [-0.39, 0.29) is 5.25 Å². The molecule has 1 aliphatic rings. The van der Waals surface area contributed by atoms with Crippen LogP contribution >= 0.6 is 0 Å². The van der Waals surface area contributed by atoms with E-state index in [0.29, 0.717) is 26.1 Å². The van der Waals surface area contributed by atoms with Gasteiger partial charge in [0.25, 0.3) is 0 Å². The lowest BCUT2D eigenvalue weighted by Gasteiger charge is -2.15. The number of nitrogens with one attached hydrogen (secondary N) is 2. The van der Waals surface area contributed by atoms with Crippen LogP contribution in [0.3, 0.4) is 0 Å². The average molecular weight is 334 g/mol. The van der Waals surface area contributed by atoms with Crippen LogP contribution in [0.4, 0.5) is 0 Å². The number of aromatic amines is 1. The topological polar surface area (TPSA) is 78.1 Å². The lowest BCUT2D eigenvalue weighted by atomic mass is 10.1. The Balaban J connectivity index is 1.62. The summed E-state index contributed by atoms with van der Waals surface area (Å²) in [6.45, 7) is 4.29. The Hall–Kier alpha value is -1.70. The second-order valence-corrected chi connectivity index (χ2v) is 7.88. The van der Waals surface area contributed by atoms with Gasteiger partial charge in [-0.2, -0.15) is 5.10 Å². The fourth-order valence-corrected chi connectivity index (χ4v) is 4.41. The zero-order valence-electron chi connectivity index (χ0n) is 13.2. The molecule has 3 rings (SSSR count). The van der Waals surface area contributed by atoms with Gasteiger partial charge >= 0.3 is 0 Å². The second-order valence-electron chi connectivity index (χ2n) is 5.83. The molecule has 0 bridgehead atoms. The predicted octanol–water partition coefficient (Wildman–Crippen LogP) is 1.59. The van der Waals surface area contributed by atoms with Crippen molar-refractivity contribution < 1.29 is 8.42 Å². The Kier molecular flexibility index (Phi) is 4.79. The minimum atomic E-state index is -3.19. The number of nitrogens with zero attached hydrogens (tertiary/aromatic N) is 2. The van der Waals surface area contributed by atoms with Crippen LogP contribution in [-0.4, -0.2) is 48.4 Å². The van der Waals surface area contributed by atoms with Crippen molar-refractivity contribution in [3.8, 4) is 11.3 Å². The Morgan fingerprint density at radius 2 is 2.13 bits per heavy atom. The van der Waals surface area contributed by atoms with Gasteiger partial charge in [-0.15, -0.1) is 0 Å². The molecule has 1 atom stereocenters. The van der Waals surface area contributed by atoms with E-state index in [2.05, 4.69) is 19.8 Å². The third-order valence-electron chi connectivity index (χ3n) is 4.11. The molecular weight excluding hydrogens is 312 g/mol. The van der Waals surface area contributed by atoms with Gasteiger partial charge in [0, 0.05) is 30.9 Å². The first-order chi connectivity index (χ1) is 11.1. The highest BCUT2D eigenvalue weighted by Crippen LogP contribution is 2.21. The number of benzene rings is 1. The van der Waals surface area contributed by atoms with Crippen LogP contribution in [0.1, 0.15) is 19.0 Å². The fraction of sp³-hybridized carbons (Fsp3) is 0.438. The standard InChI is InChI=1S/C16H22N4O2S/c1-2-17-23(21,22)15-8-9-20(12-15)11-14-10-16(19-18-14)13-6-4-3-5-7-13/h3-7,10,15,17H,2,8-9,11-12H2,1H3,(H,18,19)/t15-/m1/s1. The highest BCUT2D eigenvalue weighted by Gasteiger charge is 2.32. The van der Waals surface area contributed by atoms with Crippen molar-refractivity contribution in [1.82, 2.24) is 19.8 Å². The van der Waals surface area contributed by atoms with Gasteiger partial charge in [0.15, 0.2) is 0 Å². The predicted molar refractivity (Wildman–Crippen MR) is 90.3 cm³/mol. The SMILES string of the molecule is CCNS(=O)(=O)[C@@H]1CCN(Cc2cc(-c3ccccc3)n[nH]2)C1. The van der Waals surface area contributed by atoms with Crippen LogP contribution in [0, 0.1) is 0 Å². The van der Waals surface area contributed by atoms with E-state index >= 15 is 0 Å². The van der Waals surface area contributed by atoms with E-state index in [9.17, 15) is 8.42 Å². The highest BCUT2D eigenvalue weighted by atomic mass is 32.2. The van der Waals surface area contributed by atoms with Gasteiger partial charge < -0.3 is 0 Å². The number of rotatable bonds is 6. The largest absolute Gasteiger partial charge is 0.296 e. The van der Waals surface area contributed by atoms with Gasteiger partial charge in [0.2, 0.25) is 10.0 Å². The summed E-state index contributed by atoms with van der Waals surface area (Å²) in [6, 6.07) is 12.0. The molecule has 1 aliphatic heterocycles. The molecule has 1 fully saturated rings. The van der Waals surface area contributed by atoms with E-state index in [4.69, 9.17) is 0 Å². The van der Waals surface area contributed by atoms with Crippen molar-refractivity contribution in [2.24, 2.45) is 0 Å². The molecule has 6 nitrogen and oxygen atoms in total. The molecule has 1 aromatic carbocycles. The maximum absolute atomic E-state index is 12.1. The summed E-state index contributed by atoms with van der Waals surface area (Å²) in [4.78, 5) is 2.15. The molecule has 2 aromatic rings. The van der Waals surface area contributed by atoms with Crippen molar-refractivity contribution in [3.63, 3.8) is 0 Å². The van der Waals surface area contributed by atoms with E-state index in [1.165, 1.54) is 0 Å². The van der Waals surface area contributed by atoms with E-state index in [0.717, 1.165) is 23.5 Å². The van der Waals surface area contributed by atoms with Gasteiger partial charge in [-0.1, -0.05) is 37.3 Å². The molecule has 0 unspecified atom stereocenters. The van der Waals surface area contributed by atoms with Crippen LogP contribution in [0.25, 0.3) is 11.3 Å². The van der Waals surface area contributed by atoms with Crippen molar-refractivity contribution >= 4 is 10.0 Å². The number of hydrogen-bond acceptors (Lipinski definition) is 4. The normalized spacial score (nSPS) is 19.3. The van der Waals surface area contributed by atoms with E-state index < -0.39 is 10.0 Å². The summed E-state index contributed by atoms with van der Waals surface area (Å²) < 4.78 is 26.7. The third kappa shape index (κ3) is 3.80. The molecule has 2 N–H and O–H groups in total. The Labute approximate surface area is 137 Å². The number of sulfonamides is 1. The van der Waals surface area contributed by atoms with Crippen LogP contribution in [-0.2, 0) is 16.6 Å². The molecule has 1 aromatic heterocycles. The fourth-order valence-electron chi connectivity index (χ4n) is 2.95. The van der Waals surface area contributed by atoms with Gasteiger partial charge in [-0.05, 0) is 19.0 Å². The summed E-state index contributed by atoms with van der Waals surface area (Å²) >= 11 is 0. The molecule has 0 amide bonds. The van der Waals surface area contributed by atoms with Crippen molar-refractivity contribution in [3.05, 3.63) is 42.1 Å². The summed E-state index contributed by atoms with van der Waals surface area (Å²) in [5.74, 6) is 0. The molecule has 23 heavy (non-hydrogen) atoms. The Morgan fingerprint density at radius 3 is 2.87 bits per heavy atom. The molecule has 1 saturated heterocycles.